The summed E-state index contributed by atoms with van der Waals surface area (Å²) in [6, 6.07) is 1.70. The molecule has 0 saturated heterocycles. The van der Waals surface area contributed by atoms with Gasteiger partial charge in [0.25, 0.3) is 5.91 Å². The summed E-state index contributed by atoms with van der Waals surface area (Å²) < 4.78 is 0. The first kappa shape index (κ1) is 8.52. The van der Waals surface area contributed by atoms with Crippen molar-refractivity contribution in [3.05, 3.63) is 23.0 Å². The Morgan fingerprint density at radius 2 is 2.08 bits per heavy atom. The van der Waals surface area contributed by atoms with E-state index in [4.69, 9.17) is 11.5 Å². The molecule has 0 aromatic carbocycles. The molecule has 1 aromatic heterocycles. The number of nitrogen functional groups attached to an aromatic ring is 1. The first-order valence-corrected chi connectivity index (χ1v) is 3.56. The van der Waals surface area contributed by atoms with E-state index >= 15 is 0 Å². The third kappa shape index (κ3) is 1.37. The van der Waals surface area contributed by atoms with Gasteiger partial charge in [-0.2, -0.15) is 0 Å². The molecule has 0 bridgehead atoms. The van der Waals surface area contributed by atoms with E-state index in [1.54, 1.807) is 13.0 Å². The van der Waals surface area contributed by atoms with Crippen molar-refractivity contribution in [1.82, 2.24) is 4.98 Å². The largest absolute Gasteiger partial charge is 0.397 e. The van der Waals surface area contributed by atoms with Crippen LogP contribution in [0, 0.1) is 13.8 Å². The molecule has 0 aliphatic rings. The lowest BCUT2D eigenvalue weighted by Crippen LogP contribution is -2.16. The topological polar surface area (TPSA) is 82.0 Å². The average molecular weight is 165 g/mol. The summed E-state index contributed by atoms with van der Waals surface area (Å²) in [6.45, 7) is 3.69. The number of nitrogens with zero attached hydrogens (tertiary/aromatic N) is 1. The third-order valence-electron chi connectivity index (χ3n) is 1.73. The van der Waals surface area contributed by atoms with Crippen LogP contribution in [-0.2, 0) is 0 Å². The van der Waals surface area contributed by atoms with E-state index in [0.717, 1.165) is 11.3 Å². The molecule has 0 aliphatic carbocycles. The molecule has 0 saturated carbocycles. The second-order valence-electron chi connectivity index (χ2n) is 2.69. The molecule has 4 N–H and O–H groups in total. The van der Waals surface area contributed by atoms with E-state index in [1.165, 1.54) is 0 Å². The molecule has 0 spiro atoms. The molecule has 0 fully saturated rings. The van der Waals surface area contributed by atoms with Crippen LogP contribution in [0.1, 0.15) is 21.7 Å². The van der Waals surface area contributed by atoms with Crippen molar-refractivity contribution in [2.45, 2.75) is 13.8 Å². The first-order valence-electron chi connectivity index (χ1n) is 3.56. The summed E-state index contributed by atoms with van der Waals surface area (Å²) >= 11 is 0. The number of nitrogens with two attached hydrogens (primary N) is 2. The van der Waals surface area contributed by atoms with Crippen LogP contribution in [-0.4, -0.2) is 10.9 Å². The molecule has 1 amide bonds. The van der Waals surface area contributed by atoms with E-state index in [9.17, 15) is 4.79 Å². The van der Waals surface area contributed by atoms with E-state index in [0.29, 0.717) is 5.69 Å². The molecule has 0 radical (unpaired) electrons. The van der Waals surface area contributed by atoms with Gasteiger partial charge in [-0.3, -0.25) is 4.79 Å². The highest BCUT2D eigenvalue weighted by Crippen LogP contribution is 2.13. The van der Waals surface area contributed by atoms with Gasteiger partial charge < -0.3 is 11.5 Å². The van der Waals surface area contributed by atoms with Crippen LogP contribution in [0.4, 0.5) is 5.69 Å². The van der Waals surface area contributed by atoms with Gasteiger partial charge in [0.15, 0.2) is 5.69 Å². The van der Waals surface area contributed by atoms with E-state index in [-0.39, 0.29) is 5.69 Å². The predicted molar refractivity (Wildman–Crippen MR) is 46.6 cm³/mol. The first-order chi connectivity index (χ1) is 5.52. The minimum atomic E-state index is -0.587. The van der Waals surface area contributed by atoms with Crippen LogP contribution in [0.3, 0.4) is 0 Å². The normalized spacial score (nSPS) is 9.83. The molecule has 1 rings (SSSR count). The number of hydrogen-bond acceptors (Lipinski definition) is 3. The van der Waals surface area contributed by atoms with Crippen molar-refractivity contribution in [3.8, 4) is 0 Å². The van der Waals surface area contributed by atoms with E-state index < -0.39 is 5.91 Å². The Morgan fingerprint density at radius 3 is 2.58 bits per heavy atom. The van der Waals surface area contributed by atoms with Gasteiger partial charge in [-0.25, -0.2) is 4.98 Å². The van der Waals surface area contributed by atoms with Crippen LogP contribution < -0.4 is 11.5 Å². The molecule has 0 aliphatic heterocycles. The maximum atomic E-state index is 10.8. The lowest BCUT2D eigenvalue weighted by molar-refractivity contribution is 0.0996. The molecule has 4 nitrogen and oxygen atoms in total. The van der Waals surface area contributed by atoms with Crippen molar-refractivity contribution in [1.29, 1.82) is 0 Å². The number of amides is 1. The summed E-state index contributed by atoms with van der Waals surface area (Å²) in [7, 11) is 0. The third-order valence-corrected chi connectivity index (χ3v) is 1.73. The smallest absolute Gasteiger partial charge is 0.269 e. The van der Waals surface area contributed by atoms with Gasteiger partial charge in [0, 0.05) is 5.69 Å². The second-order valence-corrected chi connectivity index (χ2v) is 2.69. The fraction of sp³-hybridized carbons (Fsp3) is 0.250. The average Bonchev–Trinajstić information content (AvgIpc) is 1.96. The molecule has 4 heteroatoms. The van der Waals surface area contributed by atoms with Crippen molar-refractivity contribution in [2.75, 3.05) is 5.73 Å². The van der Waals surface area contributed by atoms with Crippen molar-refractivity contribution < 1.29 is 4.79 Å². The van der Waals surface area contributed by atoms with Crippen LogP contribution in [0.15, 0.2) is 6.07 Å². The Kier molecular flexibility index (Phi) is 1.99. The van der Waals surface area contributed by atoms with Gasteiger partial charge in [-0.05, 0) is 25.5 Å². The predicted octanol–water partition coefficient (Wildman–Crippen LogP) is 0.380. The Hall–Kier alpha value is -1.58. The number of anilines is 1. The molecular formula is C8H11N3O. The zero-order valence-electron chi connectivity index (χ0n) is 7.09. The molecule has 1 aromatic rings. The van der Waals surface area contributed by atoms with Crippen LogP contribution in [0.5, 0.6) is 0 Å². The Morgan fingerprint density at radius 1 is 1.50 bits per heavy atom. The van der Waals surface area contributed by atoms with Gasteiger partial charge in [0.1, 0.15) is 0 Å². The SMILES string of the molecule is Cc1cc(N)c(C(N)=O)nc1C. The minimum absolute atomic E-state index is 0.151. The highest BCUT2D eigenvalue weighted by molar-refractivity contribution is 5.95. The lowest BCUT2D eigenvalue weighted by Gasteiger charge is -2.04. The fourth-order valence-electron chi connectivity index (χ4n) is 0.924. The second kappa shape index (κ2) is 2.81. The molecular weight excluding hydrogens is 154 g/mol. The summed E-state index contributed by atoms with van der Waals surface area (Å²) in [4.78, 5) is 14.7. The Labute approximate surface area is 70.6 Å². The summed E-state index contributed by atoms with van der Waals surface area (Å²) in [5.41, 5.74) is 12.8. The van der Waals surface area contributed by atoms with Gasteiger partial charge in [-0.1, -0.05) is 0 Å². The van der Waals surface area contributed by atoms with E-state index in [1.807, 2.05) is 6.92 Å². The number of primary amides is 1. The standard InChI is InChI=1S/C8H11N3O/c1-4-3-6(9)7(8(10)12)11-5(4)2/h3H,9H2,1-2H3,(H2,10,12). The number of hydrogen-bond donors (Lipinski definition) is 2. The number of carbonyl (C=O) groups is 1. The molecule has 12 heavy (non-hydrogen) atoms. The Bertz CT molecular complexity index is 333. The highest BCUT2D eigenvalue weighted by atomic mass is 16.1. The lowest BCUT2D eigenvalue weighted by atomic mass is 10.2. The number of carbonyl (C=O) groups excluding carboxylic acids is 1. The number of aromatic nitrogens is 1. The van der Waals surface area contributed by atoms with Crippen LogP contribution in [0.25, 0.3) is 0 Å². The van der Waals surface area contributed by atoms with Gasteiger partial charge in [-0.15, -0.1) is 0 Å². The maximum Gasteiger partial charge on any atom is 0.269 e. The van der Waals surface area contributed by atoms with Gasteiger partial charge in [0.05, 0.1) is 5.69 Å². The molecule has 1 heterocycles. The van der Waals surface area contributed by atoms with Crippen LogP contribution >= 0.6 is 0 Å². The molecule has 0 unspecified atom stereocenters. The number of aryl methyl sites for hydroxylation is 2. The zero-order valence-corrected chi connectivity index (χ0v) is 7.09. The Balaban J connectivity index is 3.33. The monoisotopic (exact) mass is 165 g/mol. The molecule has 64 valence electrons. The quantitative estimate of drug-likeness (QED) is 0.631. The van der Waals surface area contributed by atoms with Crippen molar-refractivity contribution in [2.24, 2.45) is 5.73 Å². The molecule has 0 atom stereocenters. The van der Waals surface area contributed by atoms with Crippen LogP contribution in [0.2, 0.25) is 0 Å². The fourth-order valence-corrected chi connectivity index (χ4v) is 0.924. The maximum absolute atomic E-state index is 10.8. The van der Waals surface area contributed by atoms with Gasteiger partial charge in [0.2, 0.25) is 0 Å². The van der Waals surface area contributed by atoms with Crippen molar-refractivity contribution in [3.63, 3.8) is 0 Å². The summed E-state index contributed by atoms with van der Waals surface area (Å²) in [5, 5.41) is 0. The highest BCUT2D eigenvalue weighted by Gasteiger charge is 2.08. The summed E-state index contributed by atoms with van der Waals surface area (Å²) in [6.07, 6.45) is 0. The summed E-state index contributed by atoms with van der Waals surface area (Å²) in [5.74, 6) is -0.587. The van der Waals surface area contributed by atoms with Crippen molar-refractivity contribution >= 4 is 11.6 Å². The zero-order chi connectivity index (χ0) is 9.30. The van der Waals surface area contributed by atoms with Gasteiger partial charge >= 0.3 is 0 Å². The number of pyridine rings is 1. The van der Waals surface area contributed by atoms with E-state index in [2.05, 4.69) is 4.98 Å². The number of rotatable bonds is 1. The minimum Gasteiger partial charge on any atom is -0.397 e.